The maximum atomic E-state index is 12.6. The van der Waals surface area contributed by atoms with Gasteiger partial charge in [0.25, 0.3) is 0 Å². The first-order valence-corrected chi connectivity index (χ1v) is 9.77. The normalized spacial score (nSPS) is 19.9. The molecule has 1 aromatic heterocycles. The number of aromatic nitrogens is 2. The molecule has 2 aliphatic rings. The van der Waals surface area contributed by atoms with Gasteiger partial charge in [0.2, 0.25) is 5.91 Å². The Bertz CT molecular complexity index is 648. The molecule has 26 heavy (non-hydrogen) atoms. The zero-order valence-corrected chi connectivity index (χ0v) is 16.2. The molecule has 0 aromatic carbocycles. The zero-order chi connectivity index (χ0) is 18.7. The van der Waals surface area contributed by atoms with Crippen LogP contribution in [0.3, 0.4) is 0 Å². The molecule has 0 bridgehead atoms. The molecule has 7 heteroatoms. The highest BCUT2D eigenvalue weighted by Crippen LogP contribution is 2.23. The average molecular weight is 361 g/mol. The van der Waals surface area contributed by atoms with Crippen LogP contribution in [0, 0.1) is 12.8 Å². The summed E-state index contributed by atoms with van der Waals surface area (Å²) in [4.78, 5) is 28.2. The average Bonchev–Trinajstić information content (AvgIpc) is 3.19. The molecule has 0 saturated carbocycles. The highest BCUT2D eigenvalue weighted by Gasteiger charge is 2.26. The molecule has 2 fully saturated rings. The van der Waals surface area contributed by atoms with E-state index in [9.17, 15) is 9.59 Å². The van der Waals surface area contributed by atoms with E-state index >= 15 is 0 Å². The Labute approximate surface area is 155 Å². The molecule has 0 unspecified atom stereocenters. The standard InChI is InChI=1S/C19H31N5O2/c1-14(17-13-20-22(3)15(17)2)21-19(26)24-11-7-16(8-12-24)6-10-23-9-4-5-18(23)25/h13-14,16H,4-12H2,1-3H3,(H,21,26)/t14-/m1/s1. The maximum absolute atomic E-state index is 12.6. The topological polar surface area (TPSA) is 70.5 Å². The Balaban J connectivity index is 1.42. The van der Waals surface area contributed by atoms with Crippen LogP contribution in [0.1, 0.15) is 56.3 Å². The molecule has 0 aliphatic carbocycles. The van der Waals surface area contributed by atoms with E-state index in [2.05, 4.69) is 10.4 Å². The van der Waals surface area contributed by atoms with E-state index < -0.39 is 0 Å². The van der Waals surface area contributed by atoms with Gasteiger partial charge in [-0.15, -0.1) is 0 Å². The van der Waals surface area contributed by atoms with E-state index in [0.717, 1.165) is 63.1 Å². The van der Waals surface area contributed by atoms with Crippen molar-refractivity contribution in [3.63, 3.8) is 0 Å². The number of hydrogen-bond donors (Lipinski definition) is 1. The molecule has 144 valence electrons. The van der Waals surface area contributed by atoms with Gasteiger partial charge in [0.1, 0.15) is 0 Å². The highest BCUT2D eigenvalue weighted by molar-refractivity contribution is 5.78. The molecule has 2 aliphatic heterocycles. The predicted octanol–water partition coefficient (Wildman–Crippen LogP) is 2.22. The number of hydrogen-bond acceptors (Lipinski definition) is 3. The first-order valence-electron chi connectivity index (χ1n) is 9.77. The van der Waals surface area contributed by atoms with Gasteiger partial charge in [-0.3, -0.25) is 9.48 Å². The number of urea groups is 1. The van der Waals surface area contributed by atoms with Crippen molar-refractivity contribution >= 4 is 11.9 Å². The summed E-state index contributed by atoms with van der Waals surface area (Å²) in [5.74, 6) is 0.923. The van der Waals surface area contributed by atoms with Gasteiger partial charge in [-0.2, -0.15) is 5.10 Å². The van der Waals surface area contributed by atoms with Crippen molar-refractivity contribution in [1.82, 2.24) is 24.9 Å². The number of piperidine rings is 1. The van der Waals surface area contributed by atoms with E-state index in [1.807, 2.05) is 41.6 Å². The van der Waals surface area contributed by atoms with Crippen molar-refractivity contribution in [3.05, 3.63) is 17.5 Å². The molecule has 1 atom stereocenters. The summed E-state index contributed by atoms with van der Waals surface area (Å²) in [6, 6.07) is -0.0379. The Kier molecular flexibility index (Phi) is 5.84. The zero-order valence-electron chi connectivity index (χ0n) is 16.2. The second kappa shape index (κ2) is 8.10. The second-order valence-electron chi connectivity index (χ2n) is 7.68. The van der Waals surface area contributed by atoms with Gasteiger partial charge in [-0.05, 0) is 45.4 Å². The lowest BCUT2D eigenvalue weighted by atomic mass is 9.93. The van der Waals surface area contributed by atoms with Crippen LogP contribution in [0.2, 0.25) is 0 Å². The van der Waals surface area contributed by atoms with Crippen LogP contribution in [0.5, 0.6) is 0 Å². The van der Waals surface area contributed by atoms with Gasteiger partial charge in [-0.1, -0.05) is 0 Å². The molecule has 3 amide bonds. The van der Waals surface area contributed by atoms with E-state index in [1.54, 1.807) is 0 Å². The van der Waals surface area contributed by atoms with Gasteiger partial charge >= 0.3 is 6.03 Å². The Morgan fingerprint density at radius 3 is 2.65 bits per heavy atom. The summed E-state index contributed by atoms with van der Waals surface area (Å²) >= 11 is 0. The van der Waals surface area contributed by atoms with Crippen LogP contribution in [0.4, 0.5) is 4.79 Å². The third-order valence-electron chi connectivity index (χ3n) is 5.96. The van der Waals surface area contributed by atoms with Crippen molar-refractivity contribution in [2.75, 3.05) is 26.2 Å². The van der Waals surface area contributed by atoms with E-state index in [4.69, 9.17) is 0 Å². The summed E-state index contributed by atoms with van der Waals surface area (Å²) in [6.07, 6.45) is 6.66. The molecule has 0 radical (unpaired) electrons. The third-order valence-corrected chi connectivity index (χ3v) is 5.96. The lowest BCUT2D eigenvalue weighted by molar-refractivity contribution is -0.127. The van der Waals surface area contributed by atoms with E-state index in [0.29, 0.717) is 18.2 Å². The molecule has 3 rings (SSSR count). The number of aryl methyl sites for hydroxylation is 1. The molecule has 3 heterocycles. The van der Waals surface area contributed by atoms with Crippen LogP contribution in [0.15, 0.2) is 6.20 Å². The second-order valence-corrected chi connectivity index (χ2v) is 7.68. The van der Waals surface area contributed by atoms with Gasteiger partial charge < -0.3 is 15.1 Å². The molecular weight excluding hydrogens is 330 g/mol. The van der Waals surface area contributed by atoms with Crippen molar-refractivity contribution in [2.24, 2.45) is 13.0 Å². The monoisotopic (exact) mass is 361 g/mol. The van der Waals surface area contributed by atoms with Crippen molar-refractivity contribution < 1.29 is 9.59 Å². The van der Waals surface area contributed by atoms with Gasteiger partial charge in [0.05, 0.1) is 12.2 Å². The lowest BCUT2D eigenvalue weighted by Gasteiger charge is -2.33. The number of nitrogens with zero attached hydrogens (tertiary/aromatic N) is 4. The highest BCUT2D eigenvalue weighted by atomic mass is 16.2. The van der Waals surface area contributed by atoms with Crippen LogP contribution in [0.25, 0.3) is 0 Å². The van der Waals surface area contributed by atoms with E-state index in [-0.39, 0.29) is 12.1 Å². The minimum atomic E-state index is -0.0462. The number of nitrogens with one attached hydrogen (secondary N) is 1. The minimum absolute atomic E-state index is 0.00826. The SMILES string of the molecule is Cc1c([C@@H](C)NC(=O)N2CCC(CCN3CCCC3=O)CC2)cnn1C. The molecular formula is C19H31N5O2. The summed E-state index contributed by atoms with van der Waals surface area (Å²) < 4.78 is 1.83. The molecule has 0 spiro atoms. The minimum Gasteiger partial charge on any atom is -0.343 e. The van der Waals surface area contributed by atoms with Gasteiger partial charge in [-0.25, -0.2) is 4.79 Å². The fourth-order valence-corrected chi connectivity index (χ4v) is 4.00. The Morgan fingerprint density at radius 2 is 2.08 bits per heavy atom. The number of likely N-dealkylation sites (tertiary alicyclic amines) is 2. The Morgan fingerprint density at radius 1 is 1.35 bits per heavy atom. The lowest BCUT2D eigenvalue weighted by Crippen LogP contribution is -2.45. The quantitative estimate of drug-likeness (QED) is 0.874. The summed E-state index contributed by atoms with van der Waals surface area (Å²) in [6.45, 7) is 7.41. The van der Waals surface area contributed by atoms with Crippen molar-refractivity contribution in [3.8, 4) is 0 Å². The number of carbonyl (C=O) groups excluding carboxylic acids is 2. The third kappa shape index (κ3) is 4.19. The molecule has 1 aromatic rings. The van der Waals surface area contributed by atoms with Gasteiger partial charge in [0.15, 0.2) is 0 Å². The first kappa shape index (κ1) is 18.7. The Hall–Kier alpha value is -2.05. The first-order chi connectivity index (χ1) is 12.5. The predicted molar refractivity (Wildman–Crippen MR) is 99.6 cm³/mol. The smallest absolute Gasteiger partial charge is 0.317 e. The van der Waals surface area contributed by atoms with Crippen LogP contribution in [-0.2, 0) is 11.8 Å². The fourth-order valence-electron chi connectivity index (χ4n) is 4.00. The maximum Gasteiger partial charge on any atom is 0.317 e. The summed E-state index contributed by atoms with van der Waals surface area (Å²) in [5.41, 5.74) is 2.14. The fraction of sp³-hybridized carbons (Fsp3) is 0.737. The molecule has 1 N–H and O–H groups in total. The largest absolute Gasteiger partial charge is 0.343 e. The summed E-state index contributed by atoms with van der Waals surface area (Å²) in [5, 5.41) is 7.35. The van der Waals surface area contributed by atoms with Crippen molar-refractivity contribution in [2.45, 2.75) is 52.0 Å². The number of amides is 3. The summed E-state index contributed by atoms with van der Waals surface area (Å²) in [7, 11) is 1.91. The van der Waals surface area contributed by atoms with Crippen LogP contribution in [-0.4, -0.2) is 57.7 Å². The van der Waals surface area contributed by atoms with Crippen LogP contribution < -0.4 is 5.32 Å². The molecule has 7 nitrogen and oxygen atoms in total. The number of carbonyl (C=O) groups is 2. The number of rotatable bonds is 5. The van der Waals surface area contributed by atoms with Crippen molar-refractivity contribution in [1.29, 1.82) is 0 Å². The van der Waals surface area contributed by atoms with E-state index in [1.165, 1.54) is 0 Å². The van der Waals surface area contributed by atoms with Gasteiger partial charge in [0, 0.05) is 50.9 Å². The molecule has 2 saturated heterocycles. The van der Waals surface area contributed by atoms with Crippen LogP contribution >= 0.6 is 0 Å².